The lowest BCUT2D eigenvalue weighted by Crippen LogP contribution is -2.57. The first-order valence-corrected chi connectivity index (χ1v) is 15.7. The summed E-state index contributed by atoms with van der Waals surface area (Å²) in [6, 6.07) is 8.04. The van der Waals surface area contributed by atoms with E-state index in [2.05, 4.69) is 9.97 Å². The molecule has 0 saturated carbocycles. The maximum atomic E-state index is 16.9. The predicted molar refractivity (Wildman–Crippen MR) is 169 cm³/mol. The highest BCUT2D eigenvalue weighted by molar-refractivity contribution is 6.02. The van der Waals surface area contributed by atoms with E-state index in [9.17, 15) is 31.1 Å². The van der Waals surface area contributed by atoms with Crippen molar-refractivity contribution in [3.05, 3.63) is 53.8 Å². The minimum absolute atomic E-state index is 0.0365. The van der Waals surface area contributed by atoms with E-state index in [0.29, 0.717) is 24.3 Å². The normalized spacial score (nSPS) is 18.2. The Balaban J connectivity index is 1.55. The van der Waals surface area contributed by atoms with E-state index in [1.54, 1.807) is 49.9 Å². The molecule has 0 radical (unpaired) electrons. The molecular weight excluding hydrogens is 677 g/mol. The first-order valence-electron chi connectivity index (χ1n) is 15.7. The van der Waals surface area contributed by atoms with Crippen molar-refractivity contribution in [1.82, 2.24) is 14.9 Å². The molecule has 6 rings (SSSR count). The molecule has 50 heavy (non-hydrogen) atoms. The summed E-state index contributed by atoms with van der Waals surface area (Å²) in [6.07, 6.45) is -9.43. The zero-order valence-corrected chi connectivity index (χ0v) is 27.4. The number of halogens is 7. The van der Waals surface area contributed by atoms with Crippen LogP contribution in [0.3, 0.4) is 0 Å². The Bertz CT molecular complexity index is 1920. The topological polar surface area (TPSA) is 86.3 Å². The number of fused-ring (bicyclic) bond motifs is 4. The van der Waals surface area contributed by atoms with Gasteiger partial charge in [-0.2, -0.15) is 36.3 Å². The summed E-state index contributed by atoms with van der Waals surface area (Å²) in [5, 5.41) is 0.289. The zero-order chi connectivity index (χ0) is 36.2. The summed E-state index contributed by atoms with van der Waals surface area (Å²) in [5.41, 5.74) is -3.90. The van der Waals surface area contributed by atoms with Crippen molar-refractivity contribution in [2.75, 3.05) is 38.5 Å². The first-order chi connectivity index (χ1) is 23.4. The maximum Gasteiger partial charge on any atom is 0.422 e. The molecule has 1 amide bonds. The monoisotopic (exact) mass is 710 g/mol. The summed E-state index contributed by atoms with van der Waals surface area (Å²) in [6.45, 7) is 3.14. The van der Waals surface area contributed by atoms with E-state index >= 15 is 4.39 Å². The van der Waals surface area contributed by atoms with Crippen LogP contribution in [0.15, 0.2) is 42.5 Å². The average molecular weight is 711 g/mol. The highest BCUT2D eigenvalue weighted by atomic mass is 19.4. The molecule has 4 aromatic rings. The van der Waals surface area contributed by atoms with Gasteiger partial charge in [0.15, 0.2) is 19.2 Å². The number of rotatable bonds is 7. The molecule has 2 saturated heterocycles. The SMILES string of the molecule is COCOc1cc(-c2c(C(F)(F)F)cc3c(N4C[C@H]5CC[C@@H](C4)N5C(=O)OC(C)(C)C)nc(OCC(F)(F)F)nc3c2F)c2ccccc2c1. The van der Waals surface area contributed by atoms with E-state index in [1.165, 1.54) is 24.1 Å². The van der Waals surface area contributed by atoms with Gasteiger partial charge in [0, 0.05) is 31.1 Å². The highest BCUT2D eigenvalue weighted by Crippen LogP contribution is 2.47. The van der Waals surface area contributed by atoms with E-state index < -0.39 is 71.2 Å². The van der Waals surface area contributed by atoms with Crippen LogP contribution in [0.25, 0.3) is 32.8 Å². The Morgan fingerprint density at radius 1 is 0.920 bits per heavy atom. The lowest BCUT2D eigenvalue weighted by molar-refractivity contribution is -0.154. The van der Waals surface area contributed by atoms with Gasteiger partial charge in [-0.3, -0.25) is 4.90 Å². The van der Waals surface area contributed by atoms with Crippen LogP contribution in [-0.2, 0) is 15.7 Å². The molecule has 2 bridgehead atoms. The maximum absolute atomic E-state index is 16.9. The Morgan fingerprint density at radius 3 is 2.22 bits per heavy atom. The molecule has 2 fully saturated rings. The Labute approximate surface area is 281 Å². The van der Waals surface area contributed by atoms with Crippen molar-refractivity contribution in [2.45, 2.75) is 63.7 Å². The van der Waals surface area contributed by atoms with Crippen LogP contribution in [0.2, 0.25) is 0 Å². The second-order valence-corrected chi connectivity index (χ2v) is 13.2. The molecule has 0 aliphatic carbocycles. The third-order valence-electron chi connectivity index (χ3n) is 8.39. The number of amides is 1. The van der Waals surface area contributed by atoms with Gasteiger partial charge in [-0.05, 0) is 68.1 Å². The van der Waals surface area contributed by atoms with E-state index in [4.69, 9.17) is 18.9 Å². The Morgan fingerprint density at radius 2 is 1.60 bits per heavy atom. The van der Waals surface area contributed by atoms with E-state index in [0.717, 1.165) is 0 Å². The van der Waals surface area contributed by atoms with Crippen molar-refractivity contribution in [3.8, 4) is 22.9 Å². The quantitative estimate of drug-likeness (QED) is 0.141. The molecule has 3 heterocycles. The molecule has 0 N–H and O–H groups in total. The summed E-state index contributed by atoms with van der Waals surface area (Å²) in [7, 11) is 1.35. The van der Waals surface area contributed by atoms with Crippen molar-refractivity contribution in [2.24, 2.45) is 0 Å². The minimum Gasteiger partial charge on any atom is -0.468 e. The number of methoxy groups -OCH3 is 1. The van der Waals surface area contributed by atoms with Gasteiger partial charge < -0.3 is 23.8 Å². The summed E-state index contributed by atoms with van der Waals surface area (Å²) >= 11 is 0. The smallest absolute Gasteiger partial charge is 0.422 e. The highest BCUT2D eigenvalue weighted by Gasteiger charge is 2.46. The molecule has 268 valence electrons. The zero-order valence-electron chi connectivity index (χ0n) is 27.4. The van der Waals surface area contributed by atoms with Gasteiger partial charge >= 0.3 is 24.5 Å². The number of hydrogen-bond donors (Lipinski definition) is 0. The fourth-order valence-corrected chi connectivity index (χ4v) is 6.52. The van der Waals surface area contributed by atoms with Crippen LogP contribution in [0.4, 0.5) is 41.3 Å². The Kier molecular flexibility index (Phi) is 9.12. The molecule has 3 aromatic carbocycles. The van der Waals surface area contributed by atoms with Gasteiger partial charge in [0.25, 0.3) is 0 Å². The first kappa shape index (κ1) is 35.2. The van der Waals surface area contributed by atoms with E-state index in [-0.39, 0.29) is 47.8 Å². The van der Waals surface area contributed by atoms with Crippen LogP contribution >= 0.6 is 0 Å². The summed E-state index contributed by atoms with van der Waals surface area (Å²) < 4.78 is 122. The molecule has 0 unspecified atom stereocenters. The minimum atomic E-state index is -5.11. The number of anilines is 1. The predicted octanol–water partition coefficient (Wildman–Crippen LogP) is 8.12. The number of benzene rings is 3. The van der Waals surface area contributed by atoms with Crippen LogP contribution in [0.5, 0.6) is 11.8 Å². The average Bonchev–Trinajstić information content (AvgIpc) is 3.30. The van der Waals surface area contributed by atoms with Gasteiger partial charge in [0.05, 0.1) is 17.6 Å². The van der Waals surface area contributed by atoms with Crippen LogP contribution in [0, 0.1) is 5.82 Å². The number of ether oxygens (including phenoxy) is 4. The van der Waals surface area contributed by atoms with Crippen LogP contribution < -0.4 is 14.4 Å². The third-order valence-corrected chi connectivity index (χ3v) is 8.39. The van der Waals surface area contributed by atoms with Crippen LogP contribution in [0.1, 0.15) is 39.2 Å². The summed E-state index contributed by atoms with van der Waals surface area (Å²) in [5.74, 6) is -1.62. The second-order valence-electron chi connectivity index (χ2n) is 13.2. The molecule has 16 heteroatoms. The molecular formula is C34H33F7N4O5. The van der Waals surface area contributed by atoms with Crippen molar-refractivity contribution < 1.29 is 54.5 Å². The lowest BCUT2D eigenvalue weighted by atomic mass is 9.92. The second kappa shape index (κ2) is 12.9. The van der Waals surface area contributed by atoms with Crippen molar-refractivity contribution in [1.29, 1.82) is 0 Å². The van der Waals surface area contributed by atoms with Crippen molar-refractivity contribution >= 4 is 33.6 Å². The molecule has 0 spiro atoms. The fraction of sp³-hybridized carbons (Fsp3) is 0.441. The summed E-state index contributed by atoms with van der Waals surface area (Å²) in [4.78, 5) is 24.1. The number of nitrogens with zero attached hydrogens (tertiary/aromatic N) is 4. The van der Waals surface area contributed by atoms with Crippen LogP contribution in [-0.4, -0.2) is 78.4 Å². The number of alkyl halides is 6. The third kappa shape index (κ3) is 7.16. The number of aromatic nitrogens is 2. The number of carbonyl (C=O) groups excluding carboxylic acids is 1. The van der Waals surface area contributed by atoms with Gasteiger partial charge in [-0.15, -0.1) is 0 Å². The number of carbonyl (C=O) groups is 1. The molecule has 2 aliphatic rings. The number of piperazine rings is 1. The van der Waals surface area contributed by atoms with Crippen molar-refractivity contribution in [3.63, 3.8) is 0 Å². The Hall–Kier alpha value is -4.60. The molecule has 9 nitrogen and oxygen atoms in total. The molecule has 1 aromatic heterocycles. The lowest BCUT2D eigenvalue weighted by Gasteiger charge is -2.42. The molecule has 2 atom stereocenters. The van der Waals surface area contributed by atoms with E-state index in [1.807, 2.05) is 0 Å². The van der Waals surface area contributed by atoms with Gasteiger partial charge in [0.1, 0.15) is 22.7 Å². The fourth-order valence-electron chi connectivity index (χ4n) is 6.52. The molecule has 2 aliphatic heterocycles. The standard InChI is InChI=1S/C34H33F7N4O5/c1-32(2,3)50-31(46)45-19-9-10-20(45)15-44(14-19)29-24-13-25(34(39,40)41)26(27(35)28(24)42-30(43-29)48-16-33(36,37)38)23-12-21(49-17-47-4)11-18-7-5-6-8-22(18)23/h5-8,11-13,19-20H,9-10,14-17H2,1-4H3/t19-,20+. The number of hydrogen-bond acceptors (Lipinski definition) is 8. The largest absolute Gasteiger partial charge is 0.468 e. The van der Waals surface area contributed by atoms with Gasteiger partial charge in [-0.1, -0.05) is 24.3 Å². The van der Waals surface area contributed by atoms with Gasteiger partial charge in [-0.25, -0.2) is 9.18 Å². The van der Waals surface area contributed by atoms with Gasteiger partial charge in [0.2, 0.25) is 0 Å².